The van der Waals surface area contributed by atoms with Crippen molar-refractivity contribution in [2.75, 3.05) is 0 Å². The smallest absolute Gasteiger partial charge is 0.277 e. The minimum absolute atomic E-state index is 0.245. The Hall–Kier alpha value is -3.69. The van der Waals surface area contributed by atoms with Crippen LogP contribution in [0.3, 0.4) is 0 Å². The number of fused-ring (bicyclic) bond motifs is 1. The Bertz CT molecular complexity index is 1130. The molecule has 0 spiro atoms. The number of aromatic amines is 1. The van der Waals surface area contributed by atoms with Crippen LogP contribution in [0.2, 0.25) is 0 Å². The highest BCUT2D eigenvalue weighted by Crippen LogP contribution is 2.20. The molecular formula is C15H13N8O2+. The zero-order valence-corrected chi connectivity index (χ0v) is 13.4. The van der Waals surface area contributed by atoms with E-state index in [1.165, 1.54) is 11.6 Å². The molecule has 2 N–H and O–H groups in total. The number of hydrogen-bond acceptors (Lipinski definition) is 5. The third kappa shape index (κ3) is 2.31. The number of azo groups is 1. The fourth-order valence-corrected chi connectivity index (χ4v) is 2.59. The van der Waals surface area contributed by atoms with Crippen molar-refractivity contribution in [3.63, 3.8) is 0 Å². The van der Waals surface area contributed by atoms with Crippen LogP contribution in [-0.2, 0) is 14.1 Å². The molecule has 0 atom stereocenters. The van der Waals surface area contributed by atoms with Crippen molar-refractivity contribution in [3.8, 4) is 11.3 Å². The molecule has 10 nitrogen and oxygen atoms in total. The van der Waals surface area contributed by atoms with Gasteiger partial charge in [0.15, 0.2) is 5.56 Å². The summed E-state index contributed by atoms with van der Waals surface area (Å²) >= 11 is 0. The summed E-state index contributed by atoms with van der Waals surface area (Å²) in [6, 6.07) is 7.40. The van der Waals surface area contributed by atoms with Crippen molar-refractivity contribution in [1.82, 2.24) is 24.5 Å². The lowest BCUT2D eigenvalue weighted by atomic mass is 10.1. The summed E-state index contributed by atoms with van der Waals surface area (Å²) in [5, 5.41) is 18.3. The summed E-state index contributed by atoms with van der Waals surface area (Å²) in [6.45, 7) is 0. The summed E-state index contributed by atoms with van der Waals surface area (Å²) in [4.78, 5) is 27.4. The van der Waals surface area contributed by atoms with Gasteiger partial charge in [0.25, 0.3) is 5.56 Å². The average Bonchev–Trinajstić information content (AvgIpc) is 3.29. The van der Waals surface area contributed by atoms with Crippen LogP contribution in [0.5, 0.6) is 0 Å². The van der Waals surface area contributed by atoms with E-state index in [2.05, 4.69) is 30.6 Å². The predicted molar refractivity (Wildman–Crippen MR) is 88.0 cm³/mol. The van der Waals surface area contributed by atoms with Crippen LogP contribution >= 0.6 is 0 Å². The van der Waals surface area contributed by atoms with E-state index in [0.29, 0.717) is 5.84 Å². The molecule has 4 rings (SSSR count). The van der Waals surface area contributed by atoms with E-state index >= 15 is 0 Å². The van der Waals surface area contributed by atoms with Gasteiger partial charge in [-0.15, -0.1) is 0 Å². The van der Waals surface area contributed by atoms with Crippen molar-refractivity contribution >= 4 is 17.3 Å². The van der Waals surface area contributed by atoms with Crippen LogP contribution in [0, 0.1) is 0 Å². The first-order chi connectivity index (χ1) is 12.1. The number of aromatic nitrogens is 5. The van der Waals surface area contributed by atoms with Crippen LogP contribution in [0.4, 0.5) is 11.5 Å². The standard InChI is InChI=1S/C15H12N8O2/c1-22-13-11(14(24)23(2)15(22)25)12(19-20-13)17-9-5-3-8(4-6-9)10-7-16-21-18-10/h3-7H,1-2H3,(H,16,18,21)/p+1. The Balaban J connectivity index is 1.78. The van der Waals surface area contributed by atoms with Crippen molar-refractivity contribution in [2.24, 2.45) is 24.3 Å². The Morgan fingerprint density at radius 2 is 1.80 bits per heavy atom. The first-order valence-corrected chi connectivity index (χ1v) is 7.38. The maximum Gasteiger partial charge on any atom is 0.365 e. The molecule has 0 amide bonds. The van der Waals surface area contributed by atoms with Gasteiger partial charge in [-0.1, -0.05) is 0 Å². The Morgan fingerprint density at radius 3 is 2.48 bits per heavy atom. The molecule has 0 bridgehead atoms. The van der Waals surface area contributed by atoms with Crippen molar-refractivity contribution in [1.29, 1.82) is 0 Å². The average molecular weight is 337 g/mol. The van der Waals surface area contributed by atoms with Crippen LogP contribution < -0.4 is 16.2 Å². The number of nitrogens with one attached hydrogen (secondary N) is 2. The Morgan fingerprint density at radius 1 is 1.04 bits per heavy atom. The Labute approximate surface area is 140 Å². The first-order valence-electron chi connectivity index (χ1n) is 7.38. The van der Waals surface area contributed by atoms with E-state index in [9.17, 15) is 9.59 Å². The molecule has 124 valence electrons. The van der Waals surface area contributed by atoms with E-state index < -0.39 is 11.2 Å². The fourth-order valence-electron chi connectivity index (χ4n) is 2.59. The second-order valence-corrected chi connectivity index (χ2v) is 5.51. The fraction of sp³-hybridized carbons (Fsp3) is 0.133. The molecule has 0 fully saturated rings. The number of benzene rings is 1. The van der Waals surface area contributed by atoms with Gasteiger partial charge in [0.2, 0.25) is 5.82 Å². The number of rotatable bonds is 2. The second kappa shape index (κ2) is 5.44. The van der Waals surface area contributed by atoms with Crippen molar-refractivity contribution < 1.29 is 4.99 Å². The molecule has 0 saturated carbocycles. The number of hydrogen-bond donors (Lipinski definition) is 2. The van der Waals surface area contributed by atoms with E-state index in [1.54, 1.807) is 13.2 Å². The minimum Gasteiger partial charge on any atom is -0.277 e. The van der Waals surface area contributed by atoms with Gasteiger partial charge in [0.05, 0.1) is 11.3 Å². The molecule has 2 aromatic heterocycles. The van der Waals surface area contributed by atoms with E-state index in [-0.39, 0.29) is 11.4 Å². The zero-order chi connectivity index (χ0) is 17.6. The summed E-state index contributed by atoms with van der Waals surface area (Å²) in [5.41, 5.74) is 1.74. The number of H-pyrrole nitrogens is 1. The van der Waals surface area contributed by atoms with Gasteiger partial charge in [0.1, 0.15) is 11.4 Å². The van der Waals surface area contributed by atoms with E-state index in [1.807, 2.05) is 24.3 Å². The normalized spacial score (nSPS) is 14.2. The lowest BCUT2D eigenvalue weighted by Crippen LogP contribution is -2.66. The van der Waals surface area contributed by atoms with Crippen molar-refractivity contribution in [2.45, 2.75) is 0 Å². The molecule has 3 heterocycles. The summed E-state index contributed by atoms with van der Waals surface area (Å²) in [5.74, 6) is 0.551. The van der Waals surface area contributed by atoms with Gasteiger partial charge in [-0.3, -0.25) is 13.9 Å². The highest BCUT2D eigenvalue weighted by Gasteiger charge is 2.32. The molecule has 1 aliphatic rings. The molecule has 1 aliphatic heterocycles. The zero-order valence-electron chi connectivity index (χ0n) is 13.4. The summed E-state index contributed by atoms with van der Waals surface area (Å²) in [7, 11) is 2.98. The number of nitrogens with zero attached hydrogens (tertiary/aromatic N) is 6. The molecule has 0 aliphatic carbocycles. The molecule has 1 aromatic carbocycles. The van der Waals surface area contributed by atoms with Crippen LogP contribution in [0.1, 0.15) is 5.56 Å². The topological polar surface area (TPSA) is 124 Å². The van der Waals surface area contributed by atoms with Gasteiger partial charge < -0.3 is 0 Å². The molecule has 0 radical (unpaired) electrons. The monoisotopic (exact) mass is 337 g/mol. The molecule has 0 unspecified atom stereocenters. The second-order valence-electron chi connectivity index (χ2n) is 5.51. The van der Waals surface area contributed by atoms with E-state index in [4.69, 9.17) is 0 Å². The van der Waals surface area contributed by atoms with Gasteiger partial charge >= 0.3 is 11.5 Å². The molecule has 25 heavy (non-hydrogen) atoms. The molecule has 3 aromatic rings. The SMILES string of the molecule is Cn1c2c(c(=O)n(C)c1=O)C(=[NH+]c1ccc(-c3cn[nH]n3)cc1)N=N2. The molecular weight excluding hydrogens is 324 g/mol. The highest BCUT2D eigenvalue weighted by molar-refractivity contribution is 6.01. The summed E-state index contributed by atoms with van der Waals surface area (Å²) in [6.07, 6.45) is 1.63. The van der Waals surface area contributed by atoms with Crippen molar-refractivity contribution in [3.05, 3.63) is 56.9 Å². The third-order valence-corrected chi connectivity index (χ3v) is 3.97. The first kappa shape index (κ1) is 14.9. The van der Waals surface area contributed by atoms with Crippen LogP contribution in [0.15, 0.2) is 50.3 Å². The maximum atomic E-state index is 12.4. The maximum absolute atomic E-state index is 12.4. The summed E-state index contributed by atoms with van der Waals surface area (Å²) < 4.78 is 2.33. The molecule has 0 saturated heterocycles. The van der Waals surface area contributed by atoms with Gasteiger partial charge in [-0.2, -0.15) is 15.4 Å². The molecule has 10 heteroatoms. The van der Waals surface area contributed by atoms with Crippen LogP contribution in [-0.4, -0.2) is 30.4 Å². The minimum atomic E-state index is -0.444. The third-order valence-electron chi connectivity index (χ3n) is 3.97. The van der Waals surface area contributed by atoms with Gasteiger partial charge in [-0.25, -0.2) is 9.79 Å². The Kier molecular flexibility index (Phi) is 3.24. The van der Waals surface area contributed by atoms with Gasteiger partial charge in [-0.05, 0) is 29.4 Å². The predicted octanol–water partition coefficient (Wildman–Crippen LogP) is -0.875. The van der Waals surface area contributed by atoms with E-state index in [0.717, 1.165) is 21.5 Å². The lowest BCUT2D eigenvalue weighted by Gasteiger charge is -2.03. The van der Waals surface area contributed by atoms with Crippen LogP contribution in [0.25, 0.3) is 11.3 Å². The quantitative estimate of drug-likeness (QED) is 0.630. The van der Waals surface area contributed by atoms with Gasteiger partial charge in [0, 0.05) is 19.7 Å². The number of amidine groups is 1. The highest BCUT2D eigenvalue weighted by atomic mass is 16.2. The largest absolute Gasteiger partial charge is 0.365 e. The lowest BCUT2D eigenvalue weighted by molar-refractivity contribution is -0.354.